The molecule has 1 saturated heterocycles. The van der Waals surface area contributed by atoms with Crippen LogP contribution >= 0.6 is 0 Å². The summed E-state index contributed by atoms with van der Waals surface area (Å²) >= 11 is 0. The van der Waals surface area contributed by atoms with Gasteiger partial charge in [0.2, 0.25) is 10.0 Å². The number of rotatable bonds is 5. The number of amides is 1. The number of sulfonamides is 1. The highest BCUT2D eigenvalue weighted by Crippen LogP contribution is 2.16. The summed E-state index contributed by atoms with van der Waals surface area (Å²) in [5.41, 5.74) is 0.101. The first-order valence-corrected chi connectivity index (χ1v) is 8.97. The average molecular weight is 341 g/mol. The summed E-state index contributed by atoms with van der Waals surface area (Å²) in [6.07, 6.45) is 0.551. The van der Waals surface area contributed by atoms with Crippen molar-refractivity contribution < 1.29 is 18.1 Å². The SMILES string of the molecule is CCCS(=O)(=O)N1CCN(C(=O)c2cccc([N+](=O)[O-])c2)CC1. The van der Waals surface area contributed by atoms with Gasteiger partial charge in [0.05, 0.1) is 10.7 Å². The van der Waals surface area contributed by atoms with Crippen molar-refractivity contribution in [2.24, 2.45) is 0 Å². The van der Waals surface area contributed by atoms with Gasteiger partial charge in [-0.15, -0.1) is 0 Å². The second-order valence-corrected chi connectivity index (χ2v) is 7.40. The van der Waals surface area contributed by atoms with Gasteiger partial charge >= 0.3 is 0 Å². The number of piperazine rings is 1. The molecule has 0 saturated carbocycles. The van der Waals surface area contributed by atoms with Crippen LogP contribution in [0.3, 0.4) is 0 Å². The molecule has 1 aliphatic rings. The maximum Gasteiger partial charge on any atom is 0.270 e. The molecule has 8 nitrogen and oxygen atoms in total. The molecule has 1 heterocycles. The Kier molecular flexibility index (Phi) is 5.32. The minimum atomic E-state index is -3.26. The minimum Gasteiger partial charge on any atom is -0.336 e. The van der Waals surface area contributed by atoms with E-state index in [0.717, 1.165) is 0 Å². The number of carbonyl (C=O) groups is 1. The fraction of sp³-hybridized carbons (Fsp3) is 0.500. The van der Waals surface area contributed by atoms with E-state index in [2.05, 4.69) is 0 Å². The molecule has 0 spiro atoms. The second kappa shape index (κ2) is 7.05. The third kappa shape index (κ3) is 4.05. The molecule has 1 amide bonds. The fourth-order valence-electron chi connectivity index (χ4n) is 2.49. The lowest BCUT2D eigenvalue weighted by molar-refractivity contribution is -0.384. The Labute approximate surface area is 134 Å². The summed E-state index contributed by atoms with van der Waals surface area (Å²) in [6.45, 7) is 2.88. The third-order valence-corrected chi connectivity index (χ3v) is 5.76. The Hall–Kier alpha value is -2.00. The van der Waals surface area contributed by atoms with Crippen LogP contribution in [0.15, 0.2) is 24.3 Å². The van der Waals surface area contributed by atoms with E-state index < -0.39 is 14.9 Å². The number of nitro benzene ring substituents is 1. The molecule has 1 aromatic carbocycles. The Bertz CT molecular complexity index is 696. The summed E-state index contributed by atoms with van der Waals surface area (Å²) in [6, 6.07) is 5.55. The molecule has 2 rings (SSSR count). The molecule has 0 bridgehead atoms. The lowest BCUT2D eigenvalue weighted by Gasteiger charge is -2.34. The van der Waals surface area contributed by atoms with Crippen LogP contribution in [0.25, 0.3) is 0 Å². The number of nitro groups is 1. The summed E-state index contributed by atoms with van der Waals surface area (Å²) < 4.78 is 25.4. The quantitative estimate of drug-likeness (QED) is 0.589. The zero-order valence-corrected chi connectivity index (χ0v) is 13.7. The van der Waals surface area contributed by atoms with Gasteiger partial charge in [-0.1, -0.05) is 13.0 Å². The normalized spacial score (nSPS) is 16.3. The van der Waals surface area contributed by atoms with Crippen molar-refractivity contribution in [2.75, 3.05) is 31.9 Å². The number of hydrogen-bond acceptors (Lipinski definition) is 5. The van der Waals surface area contributed by atoms with Crippen molar-refractivity contribution in [3.63, 3.8) is 0 Å². The van der Waals surface area contributed by atoms with E-state index in [-0.39, 0.29) is 49.1 Å². The lowest BCUT2D eigenvalue weighted by atomic mass is 10.1. The molecule has 1 aromatic rings. The zero-order chi connectivity index (χ0) is 17.0. The minimum absolute atomic E-state index is 0.103. The first kappa shape index (κ1) is 17.4. The Morgan fingerprint density at radius 1 is 1.26 bits per heavy atom. The molecule has 0 atom stereocenters. The van der Waals surface area contributed by atoms with Gasteiger partial charge in [0, 0.05) is 43.9 Å². The number of non-ortho nitro benzene ring substituents is 1. The second-order valence-electron chi connectivity index (χ2n) is 5.31. The van der Waals surface area contributed by atoms with Crippen LogP contribution in [0.1, 0.15) is 23.7 Å². The van der Waals surface area contributed by atoms with Crippen molar-refractivity contribution in [3.05, 3.63) is 39.9 Å². The first-order valence-electron chi connectivity index (χ1n) is 7.36. The van der Waals surface area contributed by atoms with Crippen LogP contribution in [-0.2, 0) is 10.0 Å². The lowest BCUT2D eigenvalue weighted by Crippen LogP contribution is -2.51. The van der Waals surface area contributed by atoms with E-state index in [4.69, 9.17) is 0 Å². The topological polar surface area (TPSA) is 101 Å². The standard InChI is InChI=1S/C14H19N3O5S/c1-2-10-23(21,22)16-8-6-15(7-9-16)14(18)12-4-3-5-13(11-12)17(19)20/h3-5,11H,2,6-10H2,1H3. The predicted octanol–water partition coefficient (Wildman–Crippen LogP) is 1.09. The van der Waals surface area contributed by atoms with Crippen molar-refractivity contribution in [2.45, 2.75) is 13.3 Å². The summed E-state index contributed by atoms with van der Waals surface area (Å²) in [4.78, 5) is 24.1. The molecule has 0 N–H and O–H groups in total. The van der Waals surface area contributed by atoms with Gasteiger partial charge in [0.25, 0.3) is 11.6 Å². The van der Waals surface area contributed by atoms with E-state index in [9.17, 15) is 23.3 Å². The fourth-order valence-corrected chi connectivity index (χ4v) is 3.99. The highest BCUT2D eigenvalue weighted by atomic mass is 32.2. The monoisotopic (exact) mass is 341 g/mol. The van der Waals surface area contributed by atoms with E-state index in [1.807, 2.05) is 0 Å². The van der Waals surface area contributed by atoms with Gasteiger partial charge < -0.3 is 4.90 Å². The van der Waals surface area contributed by atoms with Crippen LogP contribution < -0.4 is 0 Å². The number of nitrogens with zero attached hydrogens (tertiary/aromatic N) is 3. The number of hydrogen-bond donors (Lipinski definition) is 0. The average Bonchev–Trinajstić information content (AvgIpc) is 2.54. The van der Waals surface area contributed by atoms with Crippen molar-refractivity contribution in [3.8, 4) is 0 Å². The van der Waals surface area contributed by atoms with Crippen LogP contribution in [0.4, 0.5) is 5.69 Å². The molecule has 0 aliphatic carbocycles. The van der Waals surface area contributed by atoms with Crippen LogP contribution in [0, 0.1) is 10.1 Å². The zero-order valence-electron chi connectivity index (χ0n) is 12.8. The van der Waals surface area contributed by atoms with Crippen molar-refractivity contribution >= 4 is 21.6 Å². The molecule has 1 aliphatic heterocycles. The molecule has 0 aromatic heterocycles. The van der Waals surface area contributed by atoms with Gasteiger partial charge in [-0.05, 0) is 12.5 Å². The Morgan fingerprint density at radius 2 is 1.91 bits per heavy atom. The van der Waals surface area contributed by atoms with Gasteiger partial charge in [-0.2, -0.15) is 4.31 Å². The largest absolute Gasteiger partial charge is 0.336 e. The molecule has 23 heavy (non-hydrogen) atoms. The molecule has 126 valence electrons. The van der Waals surface area contributed by atoms with Crippen LogP contribution in [0.5, 0.6) is 0 Å². The van der Waals surface area contributed by atoms with Gasteiger partial charge in [-0.3, -0.25) is 14.9 Å². The molecule has 0 unspecified atom stereocenters. The maximum atomic E-state index is 12.4. The van der Waals surface area contributed by atoms with Crippen molar-refractivity contribution in [1.82, 2.24) is 9.21 Å². The Balaban J connectivity index is 2.04. The summed E-state index contributed by atoms with van der Waals surface area (Å²) in [7, 11) is -3.26. The summed E-state index contributed by atoms with van der Waals surface area (Å²) in [5, 5.41) is 10.8. The van der Waals surface area contributed by atoms with Gasteiger partial charge in [0.15, 0.2) is 0 Å². The molecular formula is C14H19N3O5S. The van der Waals surface area contributed by atoms with E-state index in [1.165, 1.54) is 33.5 Å². The van der Waals surface area contributed by atoms with E-state index in [1.54, 1.807) is 6.92 Å². The van der Waals surface area contributed by atoms with E-state index >= 15 is 0 Å². The molecule has 9 heteroatoms. The first-order chi connectivity index (χ1) is 10.8. The third-order valence-electron chi connectivity index (χ3n) is 3.69. The van der Waals surface area contributed by atoms with Crippen LogP contribution in [-0.4, -0.2) is 60.4 Å². The number of benzene rings is 1. The van der Waals surface area contributed by atoms with Gasteiger partial charge in [0.1, 0.15) is 0 Å². The van der Waals surface area contributed by atoms with E-state index in [0.29, 0.717) is 6.42 Å². The molecule has 0 radical (unpaired) electrons. The summed E-state index contributed by atoms with van der Waals surface area (Å²) in [5.74, 6) is -0.215. The molecule has 1 fully saturated rings. The number of carbonyl (C=O) groups excluding carboxylic acids is 1. The van der Waals surface area contributed by atoms with Crippen LogP contribution in [0.2, 0.25) is 0 Å². The highest BCUT2D eigenvalue weighted by molar-refractivity contribution is 7.89. The molecular weight excluding hydrogens is 322 g/mol. The predicted molar refractivity (Wildman–Crippen MR) is 84.7 cm³/mol. The highest BCUT2D eigenvalue weighted by Gasteiger charge is 2.28. The van der Waals surface area contributed by atoms with Gasteiger partial charge in [-0.25, -0.2) is 8.42 Å². The van der Waals surface area contributed by atoms with Crippen molar-refractivity contribution in [1.29, 1.82) is 0 Å². The maximum absolute atomic E-state index is 12.4. The smallest absolute Gasteiger partial charge is 0.270 e. The Morgan fingerprint density at radius 3 is 2.48 bits per heavy atom.